The van der Waals surface area contributed by atoms with Crippen molar-refractivity contribution < 1.29 is 24.5 Å². The Kier molecular flexibility index (Phi) is 10.3. The van der Waals surface area contributed by atoms with Gasteiger partial charge < -0.3 is 19.8 Å². The molecule has 2 atom stereocenters. The molecule has 0 bridgehead atoms. The predicted molar refractivity (Wildman–Crippen MR) is 114 cm³/mol. The molecule has 1 aromatic heterocycles. The third kappa shape index (κ3) is 8.53. The van der Waals surface area contributed by atoms with E-state index in [2.05, 4.69) is 4.98 Å². The van der Waals surface area contributed by atoms with Crippen molar-refractivity contribution >= 4 is 11.9 Å². The van der Waals surface area contributed by atoms with Gasteiger partial charge in [-0.2, -0.15) is 0 Å². The Balaban J connectivity index is 1.81. The topological polar surface area (TPSA) is 100.0 Å². The van der Waals surface area contributed by atoms with Crippen LogP contribution in [-0.4, -0.2) is 57.3 Å². The number of ether oxygens (including phenoxy) is 1. The second-order valence-corrected chi connectivity index (χ2v) is 7.68. The van der Waals surface area contributed by atoms with Crippen LogP contribution in [0.1, 0.15) is 64.0 Å². The molecule has 1 unspecified atom stereocenters. The van der Waals surface area contributed by atoms with Crippen LogP contribution in [0.4, 0.5) is 0 Å². The highest BCUT2D eigenvalue weighted by atomic mass is 16.5. The summed E-state index contributed by atoms with van der Waals surface area (Å²) in [6.07, 6.45) is 11.0. The van der Waals surface area contributed by atoms with Gasteiger partial charge in [-0.15, -0.1) is 0 Å². The molecule has 2 rings (SSSR count). The fraction of sp³-hybridized carbons (Fsp3) is 0.609. The number of hydrogen-bond acceptors (Lipinski definition) is 5. The first-order valence-electron chi connectivity index (χ1n) is 10.9. The van der Waals surface area contributed by atoms with Gasteiger partial charge in [-0.05, 0) is 44.7 Å². The second-order valence-electron chi connectivity index (χ2n) is 7.68. The third-order valence-electron chi connectivity index (χ3n) is 5.23. The Bertz CT molecular complexity index is 689. The molecule has 1 aliphatic heterocycles. The van der Waals surface area contributed by atoms with E-state index in [1.54, 1.807) is 12.3 Å². The average molecular weight is 419 g/mol. The summed E-state index contributed by atoms with van der Waals surface area (Å²) in [5.41, 5.74) is 0.786. The molecule has 7 heteroatoms. The average Bonchev–Trinajstić information content (AvgIpc) is 2.71. The minimum absolute atomic E-state index is 0.00760. The molecule has 1 amide bonds. The summed E-state index contributed by atoms with van der Waals surface area (Å²) in [6, 6.07) is 3.71. The Morgan fingerprint density at radius 1 is 1.33 bits per heavy atom. The van der Waals surface area contributed by atoms with Crippen LogP contribution in [0.5, 0.6) is 5.75 Å². The van der Waals surface area contributed by atoms with Gasteiger partial charge in [0, 0.05) is 31.5 Å². The van der Waals surface area contributed by atoms with Crippen molar-refractivity contribution in [1.82, 2.24) is 9.88 Å². The predicted octanol–water partition coefficient (Wildman–Crippen LogP) is 3.36. The molecule has 2 heterocycles. The Morgan fingerprint density at radius 2 is 2.13 bits per heavy atom. The zero-order valence-electron chi connectivity index (χ0n) is 17.8. The number of carboxylic acid groups (broad SMARTS) is 1. The number of hydrogen-bond donors (Lipinski definition) is 2. The van der Waals surface area contributed by atoms with E-state index in [1.807, 2.05) is 30.0 Å². The zero-order chi connectivity index (χ0) is 21.8. The first-order valence-corrected chi connectivity index (χ1v) is 10.9. The van der Waals surface area contributed by atoms with E-state index in [1.165, 1.54) is 0 Å². The van der Waals surface area contributed by atoms with Gasteiger partial charge in [0.05, 0.1) is 24.9 Å². The highest BCUT2D eigenvalue weighted by Crippen LogP contribution is 2.21. The van der Waals surface area contributed by atoms with Crippen molar-refractivity contribution in [2.45, 2.75) is 76.9 Å². The number of aliphatic hydroxyl groups is 1. The summed E-state index contributed by atoms with van der Waals surface area (Å²) < 4.78 is 5.38. The van der Waals surface area contributed by atoms with E-state index >= 15 is 0 Å². The fourth-order valence-electron chi connectivity index (χ4n) is 3.67. The molecule has 1 saturated heterocycles. The summed E-state index contributed by atoms with van der Waals surface area (Å²) in [5.74, 6) is 0.111. The molecule has 0 aliphatic carbocycles. The highest BCUT2D eigenvalue weighted by molar-refractivity contribution is 5.77. The Labute approximate surface area is 178 Å². The number of nitrogens with zero attached hydrogens (tertiary/aromatic N) is 2. The van der Waals surface area contributed by atoms with Crippen LogP contribution >= 0.6 is 0 Å². The maximum absolute atomic E-state index is 12.4. The maximum Gasteiger partial charge on any atom is 0.303 e. The third-order valence-corrected chi connectivity index (χ3v) is 5.23. The summed E-state index contributed by atoms with van der Waals surface area (Å²) >= 11 is 0. The van der Waals surface area contributed by atoms with Crippen LogP contribution in [0.2, 0.25) is 0 Å². The number of aromatic nitrogens is 1. The zero-order valence-corrected chi connectivity index (χ0v) is 17.8. The summed E-state index contributed by atoms with van der Waals surface area (Å²) in [4.78, 5) is 29.1. The van der Waals surface area contributed by atoms with E-state index in [0.717, 1.165) is 37.8 Å². The number of pyridine rings is 1. The van der Waals surface area contributed by atoms with Crippen LogP contribution in [-0.2, 0) is 16.0 Å². The van der Waals surface area contributed by atoms with Gasteiger partial charge in [-0.1, -0.05) is 25.0 Å². The number of carboxylic acids is 1. The highest BCUT2D eigenvalue weighted by Gasteiger charge is 2.25. The van der Waals surface area contributed by atoms with E-state index < -0.39 is 12.1 Å². The molecule has 7 nitrogen and oxygen atoms in total. The minimum atomic E-state index is -0.759. The molecule has 2 N–H and O–H groups in total. The lowest BCUT2D eigenvalue weighted by Crippen LogP contribution is -2.43. The molecule has 30 heavy (non-hydrogen) atoms. The number of likely N-dealkylation sites (tertiary alicyclic amines) is 1. The molecular weight excluding hydrogens is 384 g/mol. The Morgan fingerprint density at radius 3 is 2.83 bits per heavy atom. The molecular formula is C23H34N2O5. The van der Waals surface area contributed by atoms with Crippen molar-refractivity contribution in [1.29, 1.82) is 0 Å². The first kappa shape index (κ1) is 23.9. The van der Waals surface area contributed by atoms with Crippen molar-refractivity contribution in [3.8, 4) is 5.75 Å². The quantitative estimate of drug-likeness (QED) is 0.376. The van der Waals surface area contributed by atoms with Gasteiger partial charge in [0.1, 0.15) is 5.75 Å². The number of aliphatic hydroxyl groups excluding tert-OH is 1. The molecule has 1 aliphatic rings. The largest absolute Gasteiger partial charge is 0.492 e. The van der Waals surface area contributed by atoms with Gasteiger partial charge in [0.25, 0.3) is 0 Å². The number of rotatable bonds is 13. The SMILES string of the molecule is CCOc1ccc(CC(O)C=C[C@H]2CCCC(=O)N2CCCCCCC(=O)O)nc1. The normalized spacial score (nSPS) is 18.0. The van der Waals surface area contributed by atoms with Crippen molar-refractivity contribution in [3.63, 3.8) is 0 Å². The van der Waals surface area contributed by atoms with Gasteiger partial charge in [-0.25, -0.2) is 0 Å². The lowest BCUT2D eigenvalue weighted by molar-refractivity contribution is -0.137. The van der Waals surface area contributed by atoms with Crippen LogP contribution in [0.15, 0.2) is 30.5 Å². The smallest absolute Gasteiger partial charge is 0.303 e. The van der Waals surface area contributed by atoms with E-state index in [9.17, 15) is 14.7 Å². The molecule has 1 aromatic rings. The molecule has 0 spiro atoms. The van der Waals surface area contributed by atoms with Crippen LogP contribution < -0.4 is 4.74 Å². The number of aliphatic carboxylic acids is 1. The maximum atomic E-state index is 12.4. The van der Waals surface area contributed by atoms with Crippen LogP contribution in [0, 0.1) is 0 Å². The van der Waals surface area contributed by atoms with E-state index in [4.69, 9.17) is 9.84 Å². The van der Waals surface area contributed by atoms with Crippen molar-refractivity contribution in [2.24, 2.45) is 0 Å². The molecule has 166 valence electrons. The van der Waals surface area contributed by atoms with Crippen molar-refractivity contribution in [2.75, 3.05) is 13.2 Å². The number of unbranched alkanes of at least 4 members (excludes halogenated alkanes) is 3. The molecule has 0 aromatic carbocycles. The summed E-state index contributed by atoms with van der Waals surface area (Å²) in [5, 5.41) is 19.1. The van der Waals surface area contributed by atoms with E-state index in [-0.39, 0.29) is 18.4 Å². The minimum Gasteiger partial charge on any atom is -0.492 e. The standard InChI is InChI=1S/C23H34N2O5/c1-2-30-21-14-11-18(24-17-21)16-20(26)13-12-19-8-7-9-22(27)25(19)15-6-4-3-5-10-23(28)29/h11-14,17,19-20,26H,2-10,15-16H2,1H3,(H,28,29)/t19-,20?/m1/s1. The number of carbonyl (C=O) groups is 2. The molecule has 1 fully saturated rings. The Hall–Kier alpha value is -2.41. The van der Waals surface area contributed by atoms with Crippen LogP contribution in [0.3, 0.4) is 0 Å². The summed E-state index contributed by atoms with van der Waals surface area (Å²) in [7, 11) is 0. The number of amides is 1. The van der Waals surface area contributed by atoms with Gasteiger partial charge in [-0.3, -0.25) is 14.6 Å². The van der Waals surface area contributed by atoms with E-state index in [0.29, 0.717) is 38.2 Å². The summed E-state index contributed by atoms with van der Waals surface area (Å²) in [6.45, 7) is 3.18. The van der Waals surface area contributed by atoms with Gasteiger partial charge in [0.15, 0.2) is 0 Å². The first-order chi connectivity index (χ1) is 14.5. The number of piperidine rings is 1. The van der Waals surface area contributed by atoms with Crippen molar-refractivity contribution in [3.05, 3.63) is 36.2 Å². The lowest BCUT2D eigenvalue weighted by Gasteiger charge is -2.34. The number of carbonyl (C=O) groups excluding carboxylic acids is 1. The van der Waals surface area contributed by atoms with Crippen LogP contribution in [0.25, 0.3) is 0 Å². The monoisotopic (exact) mass is 418 g/mol. The lowest BCUT2D eigenvalue weighted by atomic mass is 9.99. The molecule has 0 radical (unpaired) electrons. The van der Waals surface area contributed by atoms with Gasteiger partial charge in [0.2, 0.25) is 5.91 Å². The van der Waals surface area contributed by atoms with Gasteiger partial charge >= 0.3 is 5.97 Å². The fourth-order valence-corrected chi connectivity index (χ4v) is 3.67. The molecule has 0 saturated carbocycles. The second kappa shape index (κ2) is 13.0.